The third kappa shape index (κ3) is 1.64. The number of hydrogen-bond donors (Lipinski definition) is 1. The molecule has 0 saturated heterocycles. The molecule has 0 aliphatic heterocycles. The molecule has 1 aliphatic rings. The highest BCUT2D eigenvalue weighted by atomic mass is 16.4. The van der Waals surface area contributed by atoms with Crippen LogP contribution in [0.2, 0.25) is 0 Å². The second kappa shape index (κ2) is 3.44. The molecule has 1 aliphatic carbocycles. The minimum atomic E-state index is -0.670. The molecule has 1 fully saturated rings. The first kappa shape index (κ1) is 9.24. The maximum Gasteiger partial charge on any atom is 0.306 e. The Kier molecular flexibility index (Phi) is 2.27. The Balaban J connectivity index is 2.05. The number of rotatable bonds is 2. The second-order valence-corrected chi connectivity index (χ2v) is 4.00. The lowest BCUT2D eigenvalue weighted by Crippen LogP contribution is -2.11. The fourth-order valence-corrected chi connectivity index (χ4v) is 2.05. The van der Waals surface area contributed by atoms with Crippen molar-refractivity contribution < 1.29 is 9.90 Å². The Hall–Kier alpha value is -1.32. The van der Waals surface area contributed by atoms with Crippen molar-refractivity contribution in [1.29, 1.82) is 0 Å². The summed E-state index contributed by atoms with van der Waals surface area (Å²) in [4.78, 5) is 10.8. The summed E-state index contributed by atoms with van der Waals surface area (Å²) in [6.07, 6.45) is 6.22. The number of aryl methyl sites for hydroxylation is 1. The van der Waals surface area contributed by atoms with Gasteiger partial charge >= 0.3 is 5.97 Å². The highest BCUT2D eigenvalue weighted by molar-refractivity contribution is 5.70. The van der Waals surface area contributed by atoms with E-state index in [1.165, 1.54) is 0 Å². The predicted octanol–water partition coefficient (Wildman–Crippen LogP) is 1.62. The lowest BCUT2D eigenvalue weighted by Gasteiger charge is -2.09. The molecule has 0 bridgehead atoms. The molecule has 4 heteroatoms. The zero-order valence-corrected chi connectivity index (χ0v) is 8.18. The van der Waals surface area contributed by atoms with Crippen molar-refractivity contribution in [1.82, 2.24) is 9.78 Å². The van der Waals surface area contributed by atoms with Crippen LogP contribution in [0.5, 0.6) is 0 Å². The van der Waals surface area contributed by atoms with Crippen LogP contribution in [-0.4, -0.2) is 20.9 Å². The lowest BCUT2D eigenvalue weighted by atomic mass is 10.1. The highest BCUT2D eigenvalue weighted by Gasteiger charge is 2.30. The van der Waals surface area contributed by atoms with Crippen molar-refractivity contribution in [3.63, 3.8) is 0 Å². The molecule has 14 heavy (non-hydrogen) atoms. The first-order valence-electron chi connectivity index (χ1n) is 4.90. The largest absolute Gasteiger partial charge is 0.481 e. The highest BCUT2D eigenvalue weighted by Crippen LogP contribution is 2.34. The van der Waals surface area contributed by atoms with Crippen LogP contribution < -0.4 is 0 Å². The maximum atomic E-state index is 10.8. The monoisotopic (exact) mass is 194 g/mol. The van der Waals surface area contributed by atoms with Crippen molar-refractivity contribution in [2.24, 2.45) is 5.92 Å². The van der Waals surface area contributed by atoms with Gasteiger partial charge in [-0.2, -0.15) is 5.10 Å². The lowest BCUT2D eigenvalue weighted by molar-refractivity contribution is -0.141. The molecule has 0 radical (unpaired) electrons. The van der Waals surface area contributed by atoms with Crippen LogP contribution in [-0.2, 0) is 4.79 Å². The van der Waals surface area contributed by atoms with Crippen molar-refractivity contribution in [2.45, 2.75) is 32.2 Å². The summed E-state index contributed by atoms with van der Waals surface area (Å²) >= 11 is 0. The molecule has 1 aromatic rings. The minimum Gasteiger partial charge on any atom is -0.481 e. The maximum absolute atomic E-state index is 10.8. The van der Waals surface area contributed by atoms with Crippen molar-refractivity contribution in [3.05, 3.63) is 18.0 Å². The SMILES string of the molecule is Cc1cnn(C2CCC(C(=O)O)C2)c1. The third-order valence-electron chi connectivity index (χ3n) is 2.86. The Morgan fingerprint density at radius 2 is 2.43 bits per heavy atom. The first-order valence-corrected chi connectivity index (χ1v) is 4.90. The molecule has 0 amide bonds. The van der Waals surface area contributed by atoms with Crippen molar-refractivity contribution >= 4 is 5.97 Å². The van der Waals surface area contributed by atoms with E-state index in [4.69, 9.17) is 5.11 Å². The van der Waals surface area contributed by atoms with Gasteiger partial charge in [0, 0.05) is 6.20 Å². The summed E-state index contributed by atoms with van der Waals surface area (Å²) in [5.41, 5.74) is 1.13. The van der Waals surface area contributed by atoms with Crippen LogP contribution in [0.3, 0.4) is 0 Å². The van der Waals surface area contributed by atoms with E-state index < -0.39 is 5.97 Å². The van der Waals surface area contributed by atoms with Crippen LogP contribution in [0.4, 0.5) is 0 Å². The van der Waals surface area contributed by atoms with Gasteiger partial charge in [0.2, 0.25) is 0 Å². The number of carboxylic acids is 1. The molecule has 1 heterocycles. The normalized spacial score (nSPS) is 26.6. The van der Waals surface area contributed by atoms with E-state index in [0.29, 0.717) is 0 Å². The smallest absolute Gasteiger partial charge is 0.306 e. The zero-order chi connectivity index (χ0) is 10.1. The quantitative estimate of drug-likeness (QED) is 0.778. The summed E-state index contributed by atoms with van der Waals surface area (Å²) in [5.74, 6) is -0.846. The van der Waals surface area contributed by atoms with Gasteiger partial charge in [-0.25, -0.2) is 0 Å². The van der Waals surface area contributed by atoms with Gasteiger partial charge in [0.1, 0.15) is 0 Å². The van der Waals surface area contributed by atoms with Crippen LogP contribution >= 0.6 is 0 Å². The van der Waals surface area contributed by atoms with Gasteiger partial charge in [0.15, 0.2) is 0 Å². The Labute approximate surface area is 82.5 Å². The Morgan fingerprint density at radius 1 is 1.64 bits per heavy atom. The Morgan fingerprint density at radius 3 is 2.93 bits per heavy atom. The van der Waals surface area contributed by atoms with E-state index in [1.54, 1.807) is 0 Å². The Bertz CT molecular complexity index is 346. The van der Waals surface area contributed by atoms with Crippen molar-refractivity contribution in [2.75, 3.05) is 0 Å². The van der Waals surface area contributed by atoms with Gasteiger partial charge in [-0.1, -0.05) is 0 Å². The summed E-state index contributed by atoms with van der Waals surface area (Å²) in [5, 5.41) is 13.1. The van der Waals surface area contributed by atoms with Gasteiger partial charge in [-0.05, 0) is 31.7 Å². The molecular weight excluding hydrogens is 180 g/mol. The molecule has 4 nitrogen and oxygen atoms in total. The second-order valence-electron chi connectivity index (χ2n) is 4.00. The van der Waals surface area contributed by atoms with Gasteiger partial charge in [0.25, 0.3) is 0 Å². The van der Waals surface area contributed by atoms with Crippen LogP contribution in [0.15, 0.2) is 12.4 Å². The summed E-state index contributed by atoms with van der Waals surface area (Å²) in [6, 6.07) is 0.282. The number of hydrogen-bond acceptors (Lipinski definition) is 2. The van der Waals surface area contributed by atoms with Crippen molar-refractivity contribution in [3.8, 4) is 0 Å². The van der Waals surface area contributed by atoms with E-state index in [9.17, 15) is 4.79 Å². The standard InChI is InChI=1S/C10H14N2O2/c1-7-5-11-12(6-7)9-3-2-8(4-9)10(13)14/h5-6,8-9H,2-4H2,1H3,(H,13,14). The van der Waals surface area contributed by atoms with Gasteiger partial charge in [-0.15, -0.1) is 0 Å². The third-order valence-corrected chi connectivity index (χ3v) is 2.86. The molecule has 1 N–H and O–H groups in total. The fourth-order valence-electron chi connectivity index (χ4n) is 2.05. The number of nitrogens with zero attached hydrogens (tertiary/aromatic N) is 2. The average molecular weight is 194 g/mol. The van der Waals surface area contributed by atoms with Gasteiger partial charge in [-0.3, -0.25) is 9.48 Å². The van der Waals surface area contributed by atoms with Gasteiger partial charge in [0.05, 0.1) is 18.2 Å². The molecule has 1 saturated carbocycles. The molecular formula is C10H14N2O2. The van der Waals surface area contributed by atoms with E-state index >= 15 is 0 Å². The number of carboxylic acid groups (broad SMARTS) is 1. The van der Waals surface area contributed by atoms with Crippen LogP contribution in [0, 0.1) is 12.8 Å². The van der Waals surface area contributed by atoms with E-state index in [0.717, 1.165) is 24.8 Å². The minimum absolute atomic E-state index is 0.176. The van der Waals surface area contributed by atoms with Crippen LogP contribution in [0.25, 0.3) is 0 Å². The van der Waals surface area contributed by atoms with E-state index in [-0.39, 0.29) is 12.0 Å². The number of aliphatic carboxylic acids is 1. The number of aromatic nitrogens is 2. The molecule has 0 aromatic carbocycles. The molecule has 2 unspecified atom stereocenters. The fraction of sp³-hybridized carbons (Fsp3) is 0.600. The van der Waals surface area contributed by atoms with Crippen LogP contribution in [0.1, 0.15) is 30.9 Å². The van der Waals surface area contributed by atoms with E-state index in [1.807, 2.05) is 24.0 Å². The molecule has 76 valence electrons. The number of carbonyl (C=O) groups is 1. The summed E-state index contributed by atoms with van der Waals surface area (Å²) in [6.45, 7) is 1.99. The average Bonchev–Trinajstić information content (AvgIpc) is 2.70. The first-order chi connectivity index (χ1) is 6.66. The van der Waals surface area contributed by atoms with E-state index in [2.05, 4.69) is 5.10 Å². The summed E-state index contributed by atoms with van der Waals surface area (Å²) < 4.78 is 1.90. The molecule has 1 aromatic heterocycles. The molecule has 0 spiro atoms. The van der Waals surface area contributed by atoms with Gasteiger partial charge < -0.3 is 5.11 Å². The predicted molar refractivity (Wildman–Crippen MR) is 51.0 cm³/mol. The summed E-state index contributed by atoms with van der Waals surface area (Å²) in [7, 11) is 0. The molecule has 2 rings (SSSR count). The zero-order valence-electron chi connectivity index (χ0n) is 8.18. The topological polar surface area (TPSA) is 55.1 Å². The molecule has 2 atom stereocenters.